The minimum atomic E-state index is 0.0933. The van der Waals surface area contributed by atoms with Crippen LogP contribution in [0.3, 0.4) is 0 Å². The number of likely N-dealkylation sites (tertiary alicyclic amines) is 1. The van der Waals surface area contributed by atoms with Gasteiger partial charge in [0, 0.05) is 17.0 Å². The molecule has 0 aliphatic carbocycles. The Labute approximate surface area is 170 Å². The lowest BCUT2D eigenvalue weighted by Gasteiger charge is -2.30. The van der Waals surface area contributed by atoms with Crippen molar-refractivity contribution in [1.82, 2.24) is 15.0 Å². The molecule has 4 rings (SSSR count). The number of hydrogen-bond donors (Lipinski definition) is 0. The van der Waals surface area contributed by atoms with Gasteiger partial charge in [0.1, 0.15) is 5.75 Å². The second kappa shape index (κ2) is 9.01. The Kier molecular flexibility index (Phi) is 6.00. The van der Waals surface area contributed by atoms with E-state index in [4.69, 9.17) is 9.26 Å². The zero-order valence-corrected chi connectivity index (χ0v) is 16.6. The molecule has 1 aromatic heterocycles. The van der Waals surface area contributed by atoms with E-state index in [1.165, 1.54) is 0 Å². The highest BCUT2D eigenvalue weighted by molar-refractivity contribution is 5.97. The quantitative estimate of drug-likeness (QED) is 0.562. The van der Waals surface area contributed by atoms with E-state index in [-0.39, 0.29) is 11.7 Å². The van der Waals surface area contributed by atoms with Crippen LogP contribution in [0.4, 0.5) is 0 Å². The Morgan fingerprint density at radius 3 is 2.52 bits per heavy atom. The Morgan fingerprint density at radius 2 is 1.83 bits per heavy atom. The van der Waals surface area contributed by atoms with Crippen LogP contribution in [0, 0.1) is 5.92 Å². The fourth-order valence-electron chi connectivity index (χ4n) is 3.69. The Morgan fingerprint density at radius 1 is 1.10 bits per heavy atom. The van der Waals surface area contributed by atoms with Crippen molar-refractivity contribution in [2.75, 3.05) is 19.7 Å². The van der Waals surface area contributed by atoms with E-state index < -0.39 is 0 Å². The molecular formula is C23H25N3O3. The number of piperidine rings is 1. The zero-order chi connectivity index (χ0) is 20.1. The van der Waals surface area contributed by atoms with E-state index in [2.05, 4.69) is 15.0 Å². The molecule has 1 aliphatic heterocycles. The Hall–Kier alpha value is -2.99. The fraction of sp³-hybridized carbons (Fsp3) is 0.348. The van der Waals surface area contributed by atoms with Gasteiger partial charge in [-0.1, -0.05) is 35.5 Å². The molecule has 2 heterocycles. The molecule has 3 aromatic rings. The van der Waals surface area contributed by atoms with Gasteiger partial charge in [0.15, 0.2) is 5.78 Å². The van der Waals surface area contributed by atoms with Gasteiger partial charge < -0.3 is 9.26 Å². The topological polar surface area (TPSA) is 68.5 Å². The zero-order valence-electron chi connectivity index (χ0n) is 16.6. The predicted molar refractivity (Wildman–Crippen MR) is 110 cm³/mol. The van der Waals surface area contributed by atoms with Gasteiger partial charge in [-0.3, -0.25) is 9.69 Å². The number of Topliss-reactive ketones (excluding diaryl/α,β-unsaturated/α-hetero) is 1. The number of nitrogens with zero attached hydrogens (tertiary/aromatic N) is 3. The number of hydrogen-bond acceptors (Lipinski definition) is 6. The molecule has 6 nitrogen and oxygen atoms in total. The second-order valence-electron chi connectivity index (χ2n) is 7.25. The summed E-state index contributed by atoms with van der Waals surface area (Å²) >= 11 is 0. The van der Waals surface area contributed by atoms with Crippen molar-refractivity contribution in [2.45, 2.75) is 26.3 Å². The molecule has 6 heteroatoms. The number of aromatic nitrogens is 2. The number of rotatable bonds is 7. The molecule has 0 radical (unpaired) electrons. The molecule has 0 amide bonds. The van der Waals surface area contributed by atoms with E-state index in [1.54, 1.807) is 0 Å². The van der Waals surface area contributed by atoms with Crippen LogP contribution in [-0.2, 0) is 6.54 Å². The van der Waals surface area contributed by atoms with E-state index in [9.17, 15) is 4.79 Å². The van der Waals surface area contributed by atoms with Crippen LogP contribution in [0.5, 0.6) is 5.75 Å². The summed E-state index contributed by atoms with van der Waals surface area (Å²) in [6.45, 7) is 4.91. The average Bonchev–Trinajstić information content (AvgIpc) is 3.24. The van der Waals surface area contributed by atoms with Crippen molar-refractivity contribution in [3.63, 3.8) is 0 Å². The van der Waals surface area contributed by atoms with Crippen molar-refractivity contribution in [3.05, 3.63) is 66.1 Å². The van der Waals surface area contributed by atoms with Crippen LogP contribution in [0.1, 0.15) is 36.0 Å². The first kappa shape index (κ1) is 19.3. The monoisotopic (exact) mass is 391 g/mol. The maximum atomic E-state index is 12.6. The largest absolute Gasteiger partial charge is 0.494 e. The van der Waals surface area contributed by atoms with E-state index >= 15 is 0 Å². The van der Waals surface area contributed by atoms with Crippen LogP contribution in [0.2, 0.25) is 0 Å². The van der Waals surface area contributed by atoms with Crippen molar-refractivity contribution < 1.29 is 14.1 Å². The Balaban J connectivity index is 1.31. The summed E-state index contributed by atoms with van der Waals surface area (Å²) in [6.07, 6.45) is 1.71. The number of ketones is 1. The second-order valence-corrected chi connectivity index (χ2v) is 7.25. The summed E-state index contributed by atoms with van der Waals surface area (Å²) in [4.78, 5) is 19.4. The summed E-state index contributed by atoms with van der Waals surface area (Å²) in [6, 6.07) is 17.2. The number of carbonyl (C=O) groups is 1. The highest BCUT2D eigenvalue weighted by Crippen LogP contribution is 2.24. The summed E-state index contributed by atoms with van der Waals surface area (Å²) in [5, 5.41) is 4.10. The van der Waals surface area contributed by atoms with Crippen LogP contribution in [-0.4, -0.2) is 40.5 Å². The lowest BCUT2D eigenvalue weighted by molar-refractivity contribution is 0.0825. The molecule has 1 aliphatic rings. The minimum Gasteiger partial charge on any atom is -0.494 e. The van der Waals surface area contributed by atoms with Gasteiger partial charge in [-0.25, -0.2) is 0 Å². The van der Waals surface area contributed by atoms with E-state index in [1.807, 2.05) is 61.5 Å². The van der Waals surface area contributed by atoms with Gasteiger partial charge in [0.05, 0.1) is 13.2 Å². The molecule has 1 saturated heterocycles. The van der Waals surface area contributed by atoms with Crippen molar-refractivity contribution >= 4 is 5.78 Å². The van der Waals surface area contributed by atoms with Crippen molar-refractivity contribution in [3.8, 4) is 17.1 Å². The standard InChI is InChI=1S/C23H25N3O3/c1-2-28-20-10-8-19(9-11-20)23-24-21(29-25-23)16-26-14-12-18(13-15-26)22(27)17-6-4-3-5-7-17/h3-11,18H,2,12-16H2,1H3. The molecule has 0 N–H and O–H groups in total. The van der Waals surface area contributed by atoms with E-state index in [0.717, 1.165) is 42.8 Å². The van der Waals surface area contributed by atoms with Gasteiger partial charge >= 0.3 is 0 Å². The van der Waals surface area contributed by atoms with Gasteiger partial charge in [0.25, 0.3) is 0 Å². The first-order chi connectivity index (χ1) is 14.2. The summed E-state index contributed by atoms with van der Waals surface area (Å²) in [5.74, 6) is 2.35. The number of ether oxygens (including phenoxy) is 1. The van der Waals surface area contributed by atoms with Crippen LogP contribution in [0.25, 0.3) is 11.4 Å². The fourth-order valence-corrected chi connectivity index (χ4v) is 3.69. The molecule has 0 spiro atoms. The maximum absolute atomic E-state index is 12.6. The third-order valence-electron chi connectivity index (χ3n) is 5.27. The number of benzene rings is 2. The molecule has 0 unspecified atom stereocenters. The summed E-state index contributed by atoms with van der Waals surface area (Å²) < 4.78 is 10.9. The predicted octanol–water partition coefficient (Wildman–Crippen LogP) is 4.23. The summed E-state index contributed by atoms with van der Waals surface area (Å²) in [7, 11) is 0. The first-order valence-corrected chi connectivity index (χ1v) is 10.1. The lowest BCUT2D eigenvalue weighted by atomic mass is 9.89. The van der Waals surface area contributed by atoms with Crippen molar-refractivity contribution in [1.29, 1.82) is 0 Å². The molecule has 0 bridgehead atoms. The normalized spacial score (nSPS) is 15.3. The smallest absolute Gasteiger partial charge is 0.241 e. The Bertz CT molecular complexity index is 930. The molecular weight excluding hydrogens is 366 g/mol. The van der Waals surface area contributed by atoms with E-state index in [0.29, 0.717) is 24.9 Å². The molecule has 2 aromatic carbocycles. The van der Waals surface area contributed by atoms with Gasteiger partial charge in [0.2, 0.25) is 11.7 Å². The molecule has 150 valence electrons. The van der Waals surface area contributed by atoms with Gasteiger partial charge in [-0.15, -0.1) is 0 Å². The van der Waals surface area contributed by atoms with Crippen LogP contribution in [0.15, 0.2) is 59.1 Å². The van der Waals surface area contributed by atoms with Crippen LogP contribution < -0.4 is 4.74 Å². The third kappa shape index (κ3) is 4.71. The maximum Gasteiger partial charge on any atom is 0.241 e. The number of carbonyl (C=O) groups excluding carboxylic acids is 1. The van der Waals surface area contributed by atoms with Gasteiger partial charge in [-0.05, 0) is 57.1 Å². The summed E-state index contributed by atoms with van der Waals surface area (Å²) in [5.41, 5.74) is 1.71. The molecule has 1 fully saturated rings. The SMILES string of the molecule is CCOc1ccc(-c2noc(CN3CCC(C(=O)c4ccccc4)CC3)n2)cc1. The average molecular weight is 391 g/mol. The molecule has 29 heavy (non-hydrogen) atoms. The highest BCUT2D eigenvalue weighted by Gasteiger charge is 2.26. The molecule has 0 atom stereocenters. The minimum absolute atomic E-state index is 0.0933. The lowest BCUT2D eigenvalue weighted by Crippen LogP contribution is -2.36. The van der Waals surface area contributed by atoms with Crippen molar-refractivity contribution in [2.24, 2.45) is 5.92 Å². The highest BCUT2D eigenvalue weighted by atomic mass is 16.5. The van der Waals surface area contributed by atoms with Crippen LogP contribution >= 0.6 is 0 Å². The first-order valence-electron chi connectivity index (χ1n) is 10.1. The third-order valence-corrected chi connectivity index (χ3v) is 5.27. The molecule has 0 saturated carbocycles. The van der Waals surface area contributed by atoms with Gasteiger partial charge in [-0.2, -0.15) is 4.98 Å².